The molecule has 3 aromatic rings. The van der Waals surface area contributed by atoms with Crippen LogP contribution < -0.4 is 0 Å². The molecular weight excluding hydrogens is 267 g/mol. The number of hydrogen-bond donors (Lipinski definition) is 1. The highest BCUT2D eigenvalue weighted by atomic mass is 19.1. The first-order chi connectivity index (χ1) is 10.2. The summed E-state index contributed by atoms with van der Waals surface area (Å²) in [6, 6.07) is 13.4. The number of H-pyrrole nitrogens is 1. The van der Waals surface area contributed by atoms with Crippen LogP contribution in [0.15, 0.2) is 48.7 Å². The zero-order chi connectivity index (χ0) is 14.8. The number of aromatic amines is 1. The van der Waals surface area contributed by atoms with Crippen molar-refractivity contribution in [3.05, 3.63) is 71.2 Å². The summed E-state index contributed by atoms with van der Waals surface area (Å²) in [4.78, 5) is 15.4. The van der Waals surface area contributed by atoms with Crippen LogP contribution in [0.4, 0.5) is 4.39 Å². The number of rotatable bonds is 3. The number of carbonyl (C=O) groups excluding carboxylic acids is 1. The minimum absolute atomic E-state index is 0.00356. The van der Waals surface area contributed by atoms with Crippen LogP contribution in [0.25, 0.3) is 10.9 Å². The van der Waals surface area contributed by atoms with E-state index in [1.807, 2.05) is 6.07 Å². The number of aromatic nitrogens is 1. The van der Waals surface area contributed by atoms with Crippen molar-refractivity contribution in [1.29, 1.82) is 5.26 Å². The second kappa shape index (κ2) is 5.22. The average molecular weight is 278 g/mol. The van der Waals surface area contributed by atoms with Gasteiger partial charge >= 0.3 is 0 Å². The fourth-order valence-electron chi connectivity index (χ4n) is 2.33. The number of benzene rings is 2. The van der Waals surface area contributed by atoms with E-state index in [4.69, 9.17) is 5.26 Å². The van der Waals surface area contributed by atoms with E-state index in [-0.39, 0.29) is 18.0 Å². The van der Waals surface area contributed by atoms with Gasteiger partial charge in [0.05, 0.1) is 11.6 Å². The predicted octanol–water partition coefficient (Wildman–Crippen LogP) is 3.60. The number of carbonyl (C=O) groups is 1. The second-order valence-corrected chi connectivity index (χ2v) is 4.77. The Labute approximate surface area is 120 Å². The molecule has 1 aromatic heterocycles. The highest BCUT2D eigenvalue weighted by Gasteiger charge is 2.14. The molecule has 0 aliphatic heterocycles. The third kappa shape index (κ3) is 2.41. The smallest absolute Gasteiger partial charge is 0.169 e. The summed E-state index contributed by atoms with van der Waals surface area (Å²) in [5.41, 5.74) is 2.12. The van der Waals surface area contributed by atoms with Gasteiger partial charge in [0.2, 0.25) is 0 Å². The monoisotopic (exact) mass is 278 g/mol. The SMILES string of the molecule is N#Cc1ccc2[nH]cc(C(=O)Cc3ccccc3F)c2c1. The molecule has 3 nitrogen and oxygen atoms in total. The number of nitriles is 1. The normalized spacial score (nSPS) is 10.5. The molecule has 0 bridgehead atoms. The fourth-order valence-corrected chi connectivity index (χ4v) is 2.33. The van der Waals surface area contributed by atoms with E-state index in [0.29, 0.717) is 22.1 Å². The summed E-state index contributed by atoms with van der Waals surface area (Å²) in [7, 11) is 0. The molecule has 0 atom stereocenters. The Morgan fingerprint density at radius 3 is 2.81 bits per heavy atom. The van der Waals surface area contributed by atoms with Gasteiger partial charge in [-0.1, -0.05) is 18.2 Å². The number of halogens is 1. The molecule has 4 heteroatoms. The Bertz CT molecular complexity index is 874. The van der Waals surface area contributed by atoms with Crippen LogP contribution in [0.5, 0.6) is 0 Å². The molecular formula is C17H11FN2O. The molecule has 0 saturated heterocycles. The maximum absolute atomic E-state index is 13.6. The molecule has 102 valence electrons. The third-order valence-corrected chi connectivity index (χ3v) is 3.42. The van der Waals surface area contributed by atoms with Crippen LogP contribution >= 0.6 is 0 Å². The highest BCUT2D eigenvalue weighted by Crippen LogP contribution is 2.22. The van der Waals surface area contributed by atoms with E-state index in [9.17, 15) is 9.18 Å². The number of ketones is 1. The van der Waals surface area contributed by atoms with Crippen molar-refractivity contribution in [2.45, 2.75) is 6.42 Å². The van der Waals surface area contributed by atoms with Crippen molar-refractivity contribution < 1.29 is 9.18 Å². The average Bonchev–Trinajstić information content (AvgIpc) is 2.92. The van der Waals surface area contributed by atoms with E-state index in [2.05, 4.69) is 4.98 Å². The Kier molecular flexibility index (Phi) is 3.25. The second-order valence-electron chi connectivity index (χ2n) is 4.77. The van der Waals surface area contributed by atoms with Gasteiger partial charge in [0.15, 0.2) is 5.78 Å². The summed E-state index contributed by atoms with van der Waals surface area (Å²) in [6.45, 7) is 0. The number of nitrogens with zero attached hydrogens (tertiary/aromatic N) is 1. The van der Waals surface area contributed by atoms with E-state index < -0.39 is 0 Å². The van der Waals surface area contributed by atoms with Gasteiger partial charge in [-0.05, 0) is 29.8 Å². The molecule has 0 radical (unpaired) electrons. The third-order valence-electron chi connectivity index (χ3n) is 3.42. The summed E-state index contributed by atoms with van der Waals surface area (Å²) < 4.78 is 13.6. The van der Waals surface area contributed by atoms with Crippen LogP contribution in [-0.2, 0) is 6.42 Å². The lowest BCUT2D eigenvalue weighted by Gasteiger charge is -2.02. The predicted molar refractivity (Wildman–Crippen MR) is 77.4 cm³/mol. The maximum atomic E-state index is 13.6. The van der Waals surface area contributed by atoms with Gasteiger partial charge in [0.1, 0.15) is 5.82 Å². The number of hydrogen-bond acceptors (Lipinski definition) is 2. The lowest BCUT2D eigenvalue weighted by atomic mass is 10.0. The van der Waals surface area contributed by atoms with E-state index in [0.717, 1.165) is 5.52 Å². The standard InChI is InChI=1S/C17H11FN2O/c18-15-4-2-1-3-12(15)8-17(21)14-10-20-16-6-5-11(9-19)7-13(14)16/h1-7,10,20H,8H2. The first kappa shape index (κ1) is 13.1. The Morgan fingerprint density at radius 1 is 1.24 bits per heavy atom. The lowest BCUT2D eigenvalue weighted by molar-refractivity contribution is 0.0993. The van der Waals surface area contributed by atoms with Crippen LogP contribution in [0.2, 0.25) is 0 Å². The number of Topliss-reactive ketones (excluding diaryl/α,β-unsaturated/α-hetero) is 1. The zero-order valence-corrected chi connectivity index (χ0v) is 11.1. The van der Waals surface area contributed by atoms with E-state index in [1.165, 1.54) is 6.07 Å². The van der Waals surface area contributed by atoms with Crippen molar-refractivity contribution >= 4 is 16.7 Å². The van der Waals surface area contributed by atoms with Gasteiger partial charge in [-0.15, -0.1) is 0 Å². The minimum Gasteiger partial charge on any atom is -0.360 e. The van der Waals surface area contributed by atoms with Crippen molar-refractivity contribution in [2.24, 2.45) is 0 Å². The quantitative estimate of drug-likeness (QED) is 0.744. The van der Waals surface area contributed by atoms with Crippen molar-refractivity contribution in [3.63, 3.8) is 0 Å². The molecule has 21 heavy (non-hydrogen) atoms. The molecule has 1 N–H and O–H groups in total. The summed E-state index contributed by atoms with van der Waals surface area (Å²) in [6.07, 6.45) is 1.60. The van der Waals surface area contributed by atoms with E-state index in [1.54, 1.807) is 42.6 Å². The highest BCUT2D eigenvalue weighted by molar-refractivity contribution is 6.08. The molecule has 0 amide bonds. The van der Waals surface area contributed by atoms with Crippen LogP contribution in [0.3, 0.4) is 0 Å². The lowest BCUT2D eigenvalue weighted by Crippen LogP contribution is -2.04. The molecule has 3 rings (SSSR count). The van der Waals surface area contributed by atoms with Gasteiger partial charge in [-0.2, -0.15) is 5.26 Å². The molecule has 0 saturated carbocycles. The summed E-state index contributed by atoms with van der Waals surface area (Å²) in [5.74, 6) is -0.565. The van der Waals surface area contributed by atoms with Crippen molar-refractivity contribution in [3.8, 4) is 6.07 Å². The molecule has 2 aromatic carbocycles. The van der Waals surface area contributed by atoms with Crippen LogP contribution in [0.1, 0.15) is 21.5 Å². The minimum atomic E-state index is -0.386. The molecule has 0 fully saturated rings. The summed E-state index contributed by atoms with van der Waals surface area (Å²) in [5, 5.41) is 9.63. The molecule has 0 unspecified atom stereocenters. The number of fused-ring (bicyclic) bond motifs is 1. The zero-order valence-electron chi connectivity index (χ0n) is 11.1. The molecule has 0 aliphatic rings. The Morgan fingerprint density at radius 2 is 2.05 bits per heavy atom. The fraction of sp³-hybridized carbons (Fsp3) is 0.0588. The molecule has 0 spiro atoms. The molecule has 1 heterocycles. The Hall–Kier alpha value is -2.93. The van der Waals surface area contributed by atoms with Crippen molar-refractivity contribution in [1.82, 2.24) is 4.98 Å². The van der Waals surface area contributed by atoms with Crippen molar-refractivity contribution in [2.75, 3.05) is 0 Å². The topological polar surface area (TPSA) is 56.6 Å². The van der Waals surface area contributed by atoms with E-state index >= 15 is 0 Å². The first-order valence-electron chi connectivity index (χ1n) is 6.47. The number of nitrogens with one attached hydrogen (secondary N) is 1. The van der Waals surface area contributed by atoms with Gasteiger partial charge in [0.25, 0.3) is 0 Å². The van der Waals surface area contributed by atoms with Gasteiger partial charge in [0, 0.05) is 29.1 Å². The Balaban J connectivity index is 1.99. The first-order valence-corrected chi connectivity index (χ1v) is 6.47. The van der Waals surface area contributed by atoms with Gasteiger partial charge < -0.3 is 4.98 Å². The van der Waals surface area contributed by atoms with Crippen LogP contribution in [0, 0.1) is 17.1 Å². The molecule has 0 aliphatic carbocycles. The summed E-state index contributed by atoms with van der Waals surface area (Å²) >= 11 is 0. The van der Waals surface area contributed by atoms with Crippen LogP contribution in [-0.4, -0.2) is 10.8 Å². The largest absolute Gasteiger partial charge is 0.360 e. The van der Waals surface area contributed by atoms with Gasteiger partial charge in [-0.25, -0.2) is 4.39 Å². The van der Waals surface area contributed by atoms with Gasteiger partial charge in [-0.3, -0.25) is 4.79 Å². The maximum Gasteiger partial charge on any atom is 0.169 e.